The van der Waals surface area contributed by atoms with E-state index in [2.05, 4.69) is 35.3 Å². The molecule has 1 N–H and O–H groups in total. The van der Waals surface area contributed by atoms with E-state index in [1.165, 1.54) is 5.56 Å². The second-order valence-corrected chi connectivity index (χ2v) is 11.3. The first kappa shape index (κ1) is 14.9. The molecule has 4 nitrogen and oxygen atoms in total. The summed E-state index contributed by atoms with van der Waals surface area (Å²) in [5.41, 5.74) is 4.38. The summed E-state index contributed by atoms with van der Waals surface area (Å²) in [4.78, 5) is 17.7. The maximum Gasteiger partial charge on any atom is 0.147 e. The van der Waals surface area contributed by atoms with E-state index >= 15 is 0 Å². The SMILES string of the molecule is C[Si]1(C)CC(=O)[C@@H]2CC[C@@H](NOCc3ccccc3)CN21. The lowest BCUT2D eigenvalue weighted by molar-refractivity contribution is -0.120. The van der Waals surface area contributed by atoms with E-state index in [0.717, 1.165) is 25.4 Å². The van der Waals surface area contributed by atoms with Gasteiger partial charge in [-0.3, -0.25) is 9.63 Å². The van der Waals surface area contributed by atoms with Crippen LogP contribution in [0.3, 0.4) is 0 Å². The van der Waals surface area contributed by atoms with Gasteiger partial charge in [-0.2, -0.15) is 5.48 Å². The molecule has 1 aromatic rings. The first-order valence-electron chi connectivity index (χ1n) is 7.77. The smallest absolute Gasteiger partial charge is 0.147 e. The van der Waals surface area contributed by atoms with Crippen LogP contribution in [0.25, 0.3) is 0 Å². The number of fused-ring (bicyclic) bond motifs is 1. The minimum Gasteiger partial charge on any atom is -0.313 e. The molecule has 0 amide bonds. The fourth-order valence-electron chi connectivity index (χ4n) is 3.53. The highest BCUT2D eigenvalue weighted by atomic mass is 28.3. The fourth-order valence-corrected chi connectivity index (χ4v) is 6.66. The number of hydrogen-bond acceptors (Lipinski definition) is 4. The molecule has 2 saturated heterocycles. The molecule has 0 aliphatic carbocycles. The average Bonchev–Trinajstić information content (AvgIpc) is 2.70. The minimum absolute atomic E-state index is 0.193. The lowest BCUT2D eigenvalue weighted by atomic mass is 9.99. The van der Waals surface area contributed by atoms with Crippen LogP contribution in [0.4, 0.5) is 0 Å². The zero-order valence-electron chi connectivity index (χ0n) is 12.8. The van der Waals surface area contributed by atoms with Crippen molar-refractivity contribution in [3.05, 3.63) is 35.9 Å². The maximum atomic E-state index is 12.1. The van der Waals surface area contributed by atoms with E-state index in [9.17, 15) is 4.79 Å². The Labute approximate surface area is 127 Å². The lowest BCUT2D eigenvalue weighted by Gasteiger charge is -2.40. The highest BCUT2D eigenvalue weighted by molar-refractivity contribution is 6.79. The van der Waals surface area contributed by atoms with Gasteiger partial charge in [0, 0.05) is 18.6 Å². The molecule has 0 aromatic heterocycles. The van der Waals surface area contributed by atoms with E-state index < -0.39 is 8.24 Å². The maximum absolute atomic E-state index is 12.1. The molecular weight excluding hydrogens is 280 g/mol. The van der Waals surface area contributed by atoms with Crippen molar-refractivity contribution >= 4 is 14.0 Å². The second kappa shape index (κ2) is 6.00. The first-order valence-corrected chi connectivity index (χ1v) is 10.9. The number of nitrogens with one attached hydrogen (secondary N) is 1. The Kier molecular flexibility index (Phi) is 4.26. The van der Waals surface area contributed by atoms with Crippen LogP contribution in [0.1, 0.15) is 18.4 Å². The Morgan fingerprint density at radius 3 is 2.81 bits per heavy atom. The zero-order chi connectivity index (χ0) is 14.9. The number of carbonyl (C=O) groups is 1. The van der Waals surface area contributed by atoms with Gasteiger partial charge in [-0.25, -0.2) is 0 Å². The van der Waals surface area contributed by atoms with Gasteiger partial charge in [0.15, 0.2) is 0 Å². The third-order valence-electron chi connectivity index (χ3n) is 4.67. The molecule has 2 aliphatic rings. The van der Waals surface area contributed by atoms with Crippen molar-refractivity contribution in [1.29, 1.82) is 0 Å². The van der Waals surface area contributed by atoms with E-state index in [0.29, 0.717) is 18.4 Å². The molecule has 2 heterocycles. The highest BCUT2D eigenvalue weighted by Crippen LogP contribution is 2.34. The number of piperidine rings is 1. The van der Waals surface area contributed by atoms with E-state index in [1.54, 1.807) is 0 Å². The van der Waals surface area contributed by atoms with Crippen LogP contribution in [-0.2, 0) is 16.2 Å². The molecular formula is C16H24N2O2Si. The Hall–Kier alpha value is -1.01. The van der Waals surface area contributed by atoms with Gasteiger partial charge < -0.3 is 4.57 Å². The molecule has 3 rings (SSSR count). The largest absolute Gasteiger partial charge is 0.313 e. The topological polar surface area (TPSA) is 41.6 Å². The Bertz CT molecular complexity index is 506. The molecule has 2 aliphatic heterocycles. The number of benzene rings is 1. The molecule has 5 heteroatoms. The monoisotopic (exact) mass is 304 g/mol. The van der Waals surface area contributed by atoms with E-state index in [4.69, 9.17) is 4.84 Å². The summed E-state index contributed by atoms with van der Waals surface area (Å²) in [6.07, 6.45) is 1.99. The quantitative estimate of drug-likeness (QED) is 0.685. The highest BCUT2D eigenvalue weighted by Gasteiger charge is 2.49. The Morgan fingerprint density at radius 1 is 1.29 bits per heavy atom. The number of hydroxylamine groups is 1. The molecule has 114 valence electrons. The number of ketones is 1. The van der Waals surface area contributed by atoms with Crippen LogP contribution in [0, 0.1) is 0 Å². The Balaban J connectivity index is 1.51. The van der Waals surface area contributed by atoms with Crippen LogP contribution in [0.15, 0.2) is 30.3 Å². The fraction of sp³-hybridized carbons (Fsp3) is 0.562. The van der Waals surface area contributed by atoms with Crippen LogP contribution in [-0.4, -0.2) is 37.2 Å². The first-order chi connectivity index (χ1) is 10.1. The van der Waals surface area contributed by atoms with Crippen molar-refractivity contribution in [2.75, 3.05) is 6.54 Å². The molecule has 2 atom stereocenters. The molecule has 0 spiro atoms. The second-order valence-electron chi connectivity index (χ2n) is 6.79. The van der Waals surface area contributed by atoms with Gasteiger partial charge in [-0.15, -0.1) is 0 Å². The number of rotatable bonds is 4. The summed E-state index contributed by atoms with van der Waals surface area (Å²) >= 11 is 0. The summed E-state index contributed by atoms with van der Waals surface area (Å²) in [5.74, 6) is 0.468. The normalized spacial score (nSPS) is 28.6. The van der Waals surface area contributed by atoms with Crippen molar-refractivity contribution < 1.29 is 9.63 Å². The van der Waals surface area contributed by atoms with Crippen molar-refractivity contribution in [3.63, 3.8) is 0 Å². The standard InChI is InChI=1S/C16H24N2O2Si/c1-21(2)12-16(19)15-9-8-14(10-18(15)21)17-20-11-13-6-4-3-5-7-13/h3-7,14-15,17H,8-12H2,1-2H3/t14-,15+/m1/s1. The van der Waals surface area contributed by atoms with Crippen LogP contribution in [0.2, 0.25) is 19.1 Å². The van der Waals surface area contributed by atoms with Crippen LogP contribution >= 0.6 is 0 Å². The van der Waals surface area contributed by atoms with Gasteiger partial charge >= 0.3 is 0 Å². The van der Waals surface area contributed by atoms with Crippen molar-refractivity contribution in [2.45, 2.75) is 50.7 Å². The number of nitrogens with zero attached hydrogens (tertiary/aromatic N) is 1. The minimum atomic E-state index is -1.52. The molecule has 2 fully saturated rings. The average molecular weight is 304 g/mol. The molecule has 1 aromatic carbocycles. The number of carbonyl (C=O) groups excluding carboxylic acids is 1. The third kappa shape index (κ3) is 3.26. The van der Waals surface area contributed by atoms with Crippen LogP contribution in [0.5, 0.6) is 0 Å². The van der Waals surface area contributed by atoms with Crippen molar-refractivity contribution in [3.8, 4) is 0 Å². The van der Waals surface area contributed by atoms with Gasteiger partial charge in [0.2, 0.25) is 0 Å². The summed E-state index contributed by atoms with van der Waals surface area (Å²) in [5, 5.41) is 0. The predicted molar refractivity (Wildman–Crippen MR) is 85.2 cm³/mol. The summed E-state index contributed by atoms with van der Waals surface area (Å²) in [6.45, 7) is 6.14. The van der Waals surface area contributed by atoms with Crippen molar-refractivity contribution in [1.82, 2.24) is 10.0 Å². The molecule has 0 radical (unpaired) electrons. The zero-order valence-corrected chi connectivity index (χ0v) is 13.8. The molecule has 0 saturated carbocycles. The predicted octanol–water partition coefficient (Wildman–Crippen LogP) is 2.33. The summed E-state index contributed by atoms with van der Waals surface area (Å²) < 4.78 is 2.49. The number of hydrogen-bond donors (Lipinski definition) is 1. The summed E-state index contributed by atoms with van der Waals surface area (Å²) in [6, 6.07) is 11.5. The van der Waals surface area contributed by atoms with Gasteiger partial charge in [-0.1, -0.05) is 43.4 Å². The molecule has 0 unspecified atom stereocenters. The van der Waals surface area contributed by atoms with Gasteiger partial charge in [-0.05, 0) is 18.4 Å². The third-order valence-corrected chi connectivity index (χ3v) is 7.93. The lowest BCUT2D eigenvalue weighted by Crippen LogP contribution is -2.56. The van der Waals surface area contributed by atoms with Gasteiger partial charge in [0.25, 0.3) is 0 Å². The van der Waals surface area contributed by atoms with Crippen molar-refractivity contribution in [2.24, 2.45) is 0 Å². The van der Waals surface area contributed by atoms with Crippen LogP contribution < -0.4 is 5.48 Å². The number of Topliss-reactive ketones (excluding diaryl/α,β-unsaturated/α-hetero) is 1. The van der Waals surface area contributed by atoms with Gasteiger partial charge in [0.05, 0.1) is 12.6 Å². The Morgan fingerprint density at radius 2 is 2.05 bits per heavy atom. The summed E-state index contributed by atoms with van der Waals surface area (Å²) in [7, 11) is -1.52. The van der Waals surface area contributed by atoms with Gasteiger partial charge in [0.1, 0.15) is 14.0 Å². The van der Waals surface area contributed by atoms with E-state index in [1.807, 2.05) is 18.2 Å². The molecule has 0 bridgehead atoms. The van der Waals surface area contributed by atoms with E-state index in [-0.39, 0.29) is 6.04 Å². The molecule has 21 heavy (non-hydrogen) atoms.